The standard InChI is InChI=1S/C15H25N3O/c1-12(2)19-15-9-13(3-4-14(15)10-16)11-18-7-5-17-6-8-18/h3-4,9,12,17H,5-8,10-11,16H2,1-2H3. The van der Waals surface area contributed by atoms with E-state index in [2.05, 4.69) is 28.4 Å². The van der Waals surface area contributed by atoms with Crippen LogP contribution in [-0.4, -0.2) is 37.2 Å². The lowest BCUT2D eigenvalue weighted by molar-refractivity contribution is 0.229. The zero-order valence-electron chi connectivity index (χ0n) is 12.0. The second-order valence-electron chi connectivity index (χ2n) is 5.34. The summed E-state index contributed by atoms with van der Waals surface area (Å²) in [6.45, 7) is 9.98. The van der Waals surface area contributed by atoms with Crippen molar-refractivity contribution in [2.24, 2.45) is 5.73 Å². The van der Waals surface area contributed by atoms with Crippen molar-refractivity contribution in [2.75, 3.05) is 26.2 Å². The molecule has 3 N–H and O–H groups in total. The van der Waals surface area contributed by atoms with E-state index in [-0.39, 0.29) is 6.10 Å². The summed E-state index contributed by atoms with van der Waals surface area (Å²) in [5.41, 5.74) is 8.14. The molecule has 4 heteroatoms. The number of benzene rings is 1. The minimum Gasteiger partial charge on any atom is -0.491 e. The highest BCUT2D eigenvalue weighted by Crippen LogP contribution is 2.22. The van der Waals surface area contributed by atoms with Gasteiger partial charge >= 0.3 is 0 Å². The third kappa shape index (κ3) is 4.20. The summed E-state index contributed by atoms with van der Waals surface area (Å²) in [7, 11) is 0. The largest absolute Gasteiger partial charge is 0.491 e. The maximum absolute atomic E-state index is 5.86. The van der Waals surface area contributed by atoms with Crippen molar-refractivity contribution >= 4 is 0 Å². The van der Waals surface area contributed by atoms with Gasteiger partial charge in [0.25, 0.3) is 0 Å². The first-order valence-corrected chi connectivity index (χ1v) is 7.10. The lowest BCUT2D eigenvalue weighted by atomic mass is 10.1. The molecule has 1 aliphatic heterocycles. The Bertz CT molecular complexity index is 400. The molecule has 0 atom stereocenters. The van der Waals surface area contributed by atoms with Gasteiger partial charge in [0.2, 0.25) is 0 Å². The monoisotopic (exact) mass is 263 g/mol. The van der Waals surface area contributed by atoms with Crippen molar-refractivity contribution in [3.63, 3.8) is 0 Å². The molecular weight excluding hydrogens is 238 g/mol. The van der Waals surface area contributed by atoms with Gasteiger partial charge in [-0.25, -0.2) is 0 Å². The molecule has 0 radical (unpaired) electrons. The quantitative estimate of drug-likeness (QED) is 0.841. The summed E-state index contributed by atoms with van der Waals surface area (Å²) in [6, 6.07) is 6.40. The van der Waals surface area contributed by atoms with E-state index in [1.54, 1.807) is 0 Å². The van der Waals surface area contributed by atoms with Gasteiger partial charge in [0, 0.05) is 44.8 Å². The third-order valence-electron chi connectivity index (χ3n) is 3.33. The number of hydrogen-bond acceptors (Lipinski definition) is 4. The molecule has 0 bridgehead atoms. The summed E-state index contributed by atoms with van der Waals surface area (Å²) >= 11 is 0. The molecule has 1 aliphatic rings. The van der Waals surface area contributed by atoms with Crippen LogP contribution >= 0.6 is 0 Å². The number of nitrogens with zero attached hydrogens (tertiary/aromatic N) is 1. The van der Waals surface area contributed by atoms with E-state index in [1.165, 1.54) is 5.56 Å². The molecule has 106 valence electrons. The van der Waals surface area contributed by atoms with Gasteiger partial charge in [-0.05, 0) is 25.5 Å². The maximum Gasteiger partial charge on any atom is 0.124 e. The molecule has 0 saturated carbocycles. The van der Waals surface area contributed by atoms with Gasteiger partial charge < -0.3 is 15.8 Å². The van der Waals surface area contributed by atoms with Crippen LogP contribution in [0.4, 0.5) is 0 Å². The van der Waals surface area contributed by atoms with Gasteiger partial charge in [0.15, 0.2) is 0 Å². The topological polar surface area (TPSA) is 50.5 Å². The number of ether oxygens (including phenoxy) is 1. The molecule has 0 aromatic heterocycles. The van der Waals surface area contributed by atoms with Crippen molar-refractivity contribution in [3.05, 3.63) is 29.3 Å². The summed E-state index contributed by atoms with van der Waals surface area (Å²) < 4.78 is 5.86. The van der Waals surface area contributed by atoms with Crippen LogP contribution in [0.2, 0.25) is 0 Å². The highest BCUT2D eigenvalue weighted by molar-refractivity contribution is 5.37. The fourth-order valence-electron chi connectivity index (χ4n) is 2.36. The van der Waals surface area contributed by atoms with E-state index in [4.69, 9.17) is 10.5 Å². The minimum absolute atomic E-state index is 0.180. The Labute approximate surface area is 115 Å². The first-order chi connectivity index (χ1) is 9.19. The van der Waals surface area contributed by atoms with Crippen LogP contribution in [0.25, 0.3) is 0 Å². The molecule has 1 aromatic carbocycles. The number of nitrogens with one attached hydrogen (secondary N) is 1. The van der Waals surface area contributed by atoms with E-state index in [0.29, 0.717) is 6.54 Å². The Morgan fingerprint density at radius 3 is 2.68 bits per heavy atom. The Kier molecular flexibility index (Phi) is 5.19. The second kappa shape index (κ2) is 6.89. The lowest BCUT2D eigenvalue weighted by Gasteiger charge is -2.27. The Morgan fingerprint density at radius 1 is 1.32 bits per heavy atom. The number of piperazine rings is 1. The Hall–Kier alpha value is -1.10. The van der Waals surface area contributed by atoms with E-state index in [9.17, 15) is 0 Å². The number of nitrogens with two attached hydrogens (primary N) is 1. The summed E-state index contributed by atoms with van der Waals surface area (Å²) in [6.07, 6.45) is 0.180. The fraction of sp³-hybridized carbons (Fsp3) is 0.600. The zero-order chi connectivity index (χ0) is 13.7. The van der Waals surface area contributed by atoms with Crippen molar-refractivity contribution in [3.8, 4) is 5.75 Å². The lowest BCUT2D eigenvalue weighted by Crippen LogP contribution is -2.42. The van der Waals surface area contributed by atoms with Crippen LogP contribution < -0.4 is 15.8 Å². The highest BCUT2D eigenvalue weighted by atomic mass is 16.5. The minimum atomic E-state index is 0.180. The van der Waals surface area contributed by atoms with E-state index < -0.39 is 0 Å². The molecule has 1 heterocycles. The van der Waals surface area contributed by atoms with E-state index in [0.717, 1.165) is 44.0 Å². The number of hydrogen-bond donors (Lipinski definition) is 2. The molecule has 4 nitrogen and oxygen atoms in total. The van der Waals surface area contributed by atoms with Gasteiger partial charge in [-0.1, -0.05) is 12.1 Å². The average Bonchev–Trinajstić information content (AvgIpc) is 2.39. The number of rotatable bonds is 5. The van der Waals surface area contributed by atoms with Gasteiger partial charge in [-0.3, -0.25) is 4.90 Å². The first-order valence-electron chi connectivity index (χ1n) is 7.10. The predicted octanol–water partition coefficient (Wildman–Crippen LogP) is 1.34. The smallest absolute Gasteiger partial charge is 0.124 e. The summed E-state index contributed by atoms with van der Waals surface area (Å²) in [5.74, 6) is 0.935. The fourth-order valence-corrected chi connectivity index (χ4v) is 2.36. The molecule has 1 fully saturated rings. The van der Waals surface area contributed by atoms with Gasteiger partial charge in [0.05, 0.1) is 6.10 Å². The van der Waals surface area contributed by atoms with Gasteiger partial charge in [-0.15, -0.1) is 0 Å². The average molecular weight is 263 g/mol. The molecule has 0 amide bonds. The Balaban J connectivity index is 2.07. The van der Waals surface area contributed by atoms with Crippen molar-refractivity contribution in [1.82, 2.24) is 10.2 Å². The van der Waals surface area contributed by atoms with Crippen LogP contribution in [0.1, 0.15) is 25.0 Å². The molecule has 0 aliphatic carbocycles. The van der Waals surface area contributed by atoms with Crippen LogP contribution in [0.15, 0.2) is 18.2 Å². The normalized spacial score (nSPS) is 16.8. The molecule has 19 heavy (non-hydrogen) atoms. The van der Waals surface area contributed by atoms with Crippen LogP contribution in [0.5, 0.6) is 5.75 Å². The van der Waals surface area contributed by atoms with Crippen LogP contribution in [0, 0.1) is 0 Å². The second-order valence-corrected chi connectivity index (χ2v) is 5.34. The highest BCUT2D eigenvalue weighted by Gasteiger charge is 2.12. The SMILES string of the molecule is CC(C)Oc1cc(CN2CCNCC2)ccc1CN. The summed E-state index contributed by atoms with van der Waals surface area (Å²) in [5, 5.41) is 3.37. The van der Waals surface area contributed by atoms with Gasteiger partial charge in [0.1, 0.15) is 5.75 Å². The molecule has 2 rings (SSSR count). The Morgan fingerprint density at radius 2 is 2.05 bits per heavy atom. The van der Waals surface area contributed by atoms with Crippen LogP contribution in [-0.2, 0) is 13.1 Å². The predicted molar refractivity (Wildman–Crippen MR) is 78.2 cm³/mol. The van der Waals surface area contributed by atoms with Gasteiger partial charge in [-0.2, -0.15) is 0 Å². The van der Waals surface area contributed by atoms with Crippen LogP contribution in [0.3, 0.4) is 0 Å². The molecular formula is C15H25N3O. The van der Waals surface area contributed by atoms with Crippen molar-refractivity contribution in [1.29, 1.82) is 0 Å². The zero-order valence-corrected chi connectivity index (χ0v) is 12.0. The van der Waals surface area contributed by atoms with Crippen molar-refractivity contribution < 1.29 is 4.74 Å². The first kappa shape index (κ1) is 14.3. The van der Waals surface area contributed by atoms with E-state index >= 15 is 0 Å². The molecule has 1 aromatic rings. The molecule has 0 spiro atoms. The molecule has 0 unspecified atom stereocenters. The summed E-state index contributed by atoms with van der Waals surface area (Å²) in [4.78, 5) is 2.47. The van der Waals surface area contributed by atoms with Crippen molar-refractivity contribution in [2.45, 2.75) is 33.0 Å². The molecule has 1 saturated heterocycles. The maximum atomic E-state index is 5.86. The third-order valence-corrected chi connectivity index (χ3v) is 3.33. The van der Waals surface area contributed by atoms with E-state index in [1.807, 2.05) is 13.8 Å².